The van der Waals surface area contributed by atoms with Crippen LogP contribution < -0.4 is 0 Å². The zero-order valence-electron chi connectivity index (χ0n) is 57.6. The Hall–Kier alpha value is -4.48. The molecule has 0 aromatic carbocycles. The summed E-state index contributed by atoms with van der Waals surface area (Å²) in [6.07, 6.45) is -28.4. The molecule has 1 saturated carbocycles. The second-order valence-electron chi connectivity index (χ2n) is 26.5. The summed E-state index contributed by atoms with van der Waals surface area (Å²) in [5.41, 5.74) is -2.08. The van der Waals surface area contributed by atoms with E-state index >= 15 is 0 Å². The fourth-order valence-corrected chi connectivity index (χ4v) is 11.5. The first kappa shape index (κ1) is 91.5. The topological polar surface area (TPSA) is 602 Å². The summed E-state index contributed by atoms with van der Waals surface area (Å²) in [7, 11) is 0. The highest BCUT2D eigenvalue weighted by Gasteiger charge is 2.48. The average Bonchev–Trinajstić information content (AvgIpc) is 0.761. The number of allylic oxidation sites excluding steroid dienone is 1. The van der Waals surface area contributed by atoms with Crippen LogP contribution in [0.15, 0.2) is 69.2 Å². The second kappa shape index (κ2) is 44.1. The van der Waals surface area contributed by atoms with Crippen molar-refractivity contribution < 1.29 is 166 Å². The molecular weight excluding hydrogens is 1310 g/mol. The van der Waals surface area contributed by atoms with Gasteiger partial charge in [0.15, 0.2) is 51.8 Å². The number of ether oxygens (including phenoxy) is 6. The number of hydrogen-bond acceptors (Lipinski definition) is 33. The van der Waals surface area contributed by atoms with E-state index in [0.717, 1.165) is 31.3 Å². The van der Waals surface area contributed by atoms with Gasteiger partial charge in [-0.05, 0) is 82.0 Å². The van der Waals surface area contributed by atoms with Gasteiger partial charge < -0.3 is 166 Å². The van der Waals surface area contributed by atoms with Crippen LogP contribution in [0.2, 0.25) is 0 Å². The number of aliphatic hydroxyl groups is 27. The average molecular weight is 1430 g/mol. The van der Waals surface area contributed by atoms with Crippen LogP contribution in [-0.4, -0.2) is 282 Å². The van der Waals surface area contributed by atoms with Crippen molar-refractivity contribution in [3.05, 3.63) is 69.2 Å². The lowest BCUT2D eigenvalue weighted by Gasteiger charge is -2.50. The van der Waals surface area contributed by atoms with Gasteiger partial charge in [-0.25, -0.2) is 0 Å². The number of rotatable bonds is 50. The third kappa shape index (κ3) is 28.4. The van der Waals surface area contributed by atoms with Gasteiger partial charge in [-0.3, -0.25) is 0 Å². The second-order valence-corrected chi connectivity index (χ2v) is 26.5. The molecule has 0 aromatic rings. The van der Waals surface area contributed by atoms with Gasteiger partial charge in [0, 0.05) is 63.9 Å². The molecule has 1 fully saturated rings. The third-order valence-corrected chi connectivity index (χ3v) is 17.6. The molecule has 33 nitrogen and oxygen atoms in total. The predicted octanol–water partition coefficient (Wildman–Crippen LogP) is 1.03. The quantitative estimate of drug-likeness (QED) is 0.0230. The van der Waals surface area contributed by atoms with Crippen molar-refractivity contribution in [1.82, 2.24) is 0 Å². The Kier molecular flexibility index (Phi) is 41.2. The van der Waals surface area contributed by atoms with Gasteiger partial charge in [-0.15, -0.1) is 0 Å². The van der Waals surface area contributed by atoms with Crippen LogP contribution in [0, 0.1) is 28.6 Å². The molecule has 98 heavy (non-hydrogen) atoms. The van der Waals surface area contributed by atoms with Crippen LogP contribution in [0.3, 0.4) is 0 Å². The van der Waals surface area contributed by atoms with Crippen LogP contribution >= 0.6 is 0 Å². The lowest BCUT2D eigenvalue weighted by molar-refractivity contribution is -0.224. The molecule has 0 amide bonds. The van der Waals surface area contributed by atoms with Crippen molar-refractivity contribution >= 4 is 0 Å². The third-order valence-electron chi connectivity index (χ3n) is 17.6. The van der Waals surface area contributed by atoms with Crippen molar-refractivity contribution in [2.24, 2.45) is 28.6 Å². The first-order valence-electron chi connectivity index (χ1n) is 33.1. The Morgan fingerprint density at radius 2 is 0.939 bits per heavy atom. The van der Waals surface area contributed by atoms with Gasteiger partial charge in [0.2, 0.25) is 37.2 Å². The first-order chi connectivity index (χ1) is 45.6. The van der Waals surface area contributed by atoms with Gasteiger partial charge in [-0.1, -0.05) is 85.8 Å². The van der Waals surface area contributed by atoms with E-state index in [0.29, 0.717) is 25.7 Å². The Labute approximate surface area is 571 Å². The lowest BCUT2D eigenvalue weighted by atomic mass is 9.57. The first-order valence-corrected chi connectivity index (χ1v) is 33.1. The van der Waals surface area contributed by atoms with Crippen LogP contribution in [0.5, 0.6) is 0 Å². The maximum Gasteiger partial charge on any atom is 0.259 e. The van der Waals surface area contributed by atoms with Crippen LogP contribution in [0.25, 0.3) is 0 Å². The zero-order valence-corrected chi connectivity index (χ0v) is 57.6. The minimum atomic E-state index is -2.70. The van der Waals surface area contributed by atoms with Crippen molar-refractivity contribution in [3.8, 4) is 0 Å². The molecule has 0 aromatic heterocycles. The molecule has 19 atom stereocenters. The van der Waals surface area contributed by atoms with Crippen molar-refractivity contribution in [2.45, 2.75) is 269 Å². The van der Waals surface area contributed by atoms with E-state index < -0.39 is 246 Å². The Bertz CT molecular complexity index is 2480. The van der Waals surface area contributed by atoms with Gasteiger partial charge in [0.25, 0.3) is 6.29 Å². The molecule has 0 radical (unpaired) electrons. The van der Waals surface area contributed by atoms with E-state index in [4.69, 9.17) is 38.6 Å². The largest absolute Gasteiger partial charge is 0.506 e. The van der Waals surface area contributed by atoms with Gasteiger partial charge in [0.05, 0.1) is 37.1 Å². The fraction of sp³-hybridized carbons (Fsp3) is 0.815. The summed E-state index contributed by atoms with van der Waals surface area (Å²) in [5.74, 6) is -12.2. The minimum absolute atomic E-state index is 0.0389. The molecule has 19 unspecified atom stereocenters. The van der Waals surface area contributed by atoms with Gasteiger partial charge in [0.1, 0.15) is 42.7 Å². The molecule has 1 aliphatic carbocycles. The maximum absolute atomic E-state index is 11.8. The minimum Gasteiger partial charge on any atom is -0.506 e. The van der Waals surface area contributed by atoms with E-state index in [1.807, 2.05) is 34.6 Å². The molecule has 576 valence electrons. The highest BCUT2D eigenvalue weighted by molar-refractivity contribution is 5.24. The van der Waals surface area contributed by atoms with Crippen molar-refractivity contribution in [3.63, 3.8) is 0 Å². The number of aliphatic hydroxyl groups excluding tert-OH is 26. The van der Waals surface area contributed by atoms with Gasteiger partial charge in [-0.2, -0.15) is 0 Å². The van der Waals surface area contributed by atoms with E-state index in [2.05, 4.69) is 19.9 Å². The van der Waals surface area contributed by atoms with E-state index in [1.165, 1.54) is 13.8 Å². The molecular formula is C65H118O33. The Morgan fingerprint density at radius 1 is 0.500 bits per heavy atom. The summed E-state index contributed by atoms with van der Waals surface area (Å²) in [5, 5.41) is 281. The lowest BCUT2D eigenvalue weighted by Crippen LogP contribution is -2.48. The van der Waals surface area contributed by atoms with E-state index in [1.54, 1.807) is 0 Å². The normalized spacial score (nSPS) is 22.7. The predicted molar refractivity (Wildman–Crippen MR) is 346 cm³/mol. The molecule has 0 heterocycles. The van der Waals surface area contributed by atoms with E-state index in [-0.39, 0.29) is 36.0 Å². The van der Waals surface area contributed by atoms with Crippen LogP contribution in [0.4, 0.5) is 0 Å². The molecule has 0 aliphatic heterocycles. The molecule has 0 spiro atoms. The fourth-order valence-electron chi connectivity index (χ4n) is 11.5. The van der Waals surface area contributed by atoms with Crippen molar-refractivity contribution in [2.75, 3.05) is 39.6 Å². The van der Waals surface area contributed by atoms with Crippen LogP contribution in [-0.2, 0) is 28.4 Å². The Morgan fingerprint density at radius 3 is 1.37 bits per heavy atom. The molecule has 0 saturated heterocycles. The maximum atomic E-state index is 11.8. The molecule has 0 bridgehead atoms. The highest BCUT2D eigenvalue weighted by atomic mass is 16.7. The molecule has 27 N–H and O–H groups in total. The van der Waals surface area contributed by atoms with E-state index in [9.17, 15) is 128 Å². The smallest absolute Gasteiger partial charge is 0.259 e. The standard InChI is InChI=1S/C65H118O33/c1-10-13-34(33(3)16-18-44(65(8,9)92)96-62(91)56(98-60(89)54(85)48(79)40(73)23-30-69)50(81)42(75)25-32-94-58(87)52(83)46(77)38(71)21-28-67)15-12-26-63(4,5)35-17-19-43(64(6,7)36(35)14-11-2)95-61(90)55(97-59(88)53(84)47(78)39(72)22-29-68)49(80)41(74)24-31-93-57(86)51(82)45(76)37(70)20-27-66/h14,33-35,37-44,47,53,57-62,66-92H,10-13,15-32H2,1-9H3/b36-14+,51-45-,52-46-,54-48+,55-49-,56-50-. The molecule has 1 aliphatic rings. The Balaban J connectivity index is 3.53. The summed E-state index contributed by atoms with van der Waals surface area (Å²) < 4.78 is 32.7. The van der Waals surface area contributed by atoms with Crippen molar-refractivity contribution in [1.29, 1.82) is 0 Å². The highest BCUT2D eigenvalue weighted by Crippen LogP contribution is 2.53. The summed E-state index contributed by atoms with van der Waals surface area (Å²) in [4.78, 5) is 0. The summed E-state index contributed by atoms with van der Waals surface area (Å²) in [6.45, 7) is 12.8. The number of hydrogen-bond donors (Lipinski definition) is 27. The van der Waals surface area contributed by atoms with Gasteiger partial charge >= 0.3 is 0 Å². The molecule has 33 heteroatoms. The monoisotopic (exact) mass is 1430 g/mol. The summed E-state index contributed by atoms with van der Waals surface area (Å²) in [6, 6.07) is 0. The zero-order chi connectivity index (χ0) is 75.3. The SMILES string of the molecule is CC/C=C1\C(C(C)(C)CCCC(CCC)C(C)CCC(OC(O)/C(OC(O)/C(O)=C(\O)C(O)CCO)=C(/O)C(O)CCOC(O)/C(O)=C(/O)C(O)CCO)C(C)(C)O)CCC(OC(O)/C(OC(O)C(O)C(O)C(O)CCO)=C(/O)C(O)CCOC(O)/C(O)=C(/O)C(O)CCO)C1(C)C. The molecule has 1 rings (SSSR count). The van der Waals surface area contributed by atoms with Crippen LogP contribution in [0.1, 0.15) is 165 Å². The summed E-state index contributed by atoms with van der Waals surface area (Å²) >= 11 is 0.